The molecule has 0 bridgehead atoms. The van der Waals surface area contributed by atoms with Gasteiger partial charge in [0.15, 0.2) is 0 Å². The minimum atomic E-state index is -1.25. The van der Waals surface area contributed by atoms with Crippen LogP contribution in [0.25, 0.3) is 0 Å². The van der Waals surface area contributed by atoms with Crippen LogP contribution in [0.15, 0.2) is 18.2 Å². The summed E-state index contributed by atoms with van der Waals surface area (Å²) in [4.78, 5) is 34.1. The van der Waals surface area contributed by atoms with E-state index in [0.717, 1.165) is 6.07 Å². The SMILES string of the molecule is O=C(O)c1cc([N+](=O)[O-])ccc1CN1CCNC(C(=O)O)C1. The van der Waals surface area contributed by atoms with Gasteiger partial charge in [-0.3, -0.25) is 19.8 Å². The highest BCUT2D eigenvalue weighted by Gasteiger charge is 2.26. The first-order chi connectivity index (χ1) is 10.4. The zero-order valence-corrected chi connectivity index (χ0v) is 11.6. The van der Waals surface area contributed by atoms with Gasteiger partial charge >= 0.3 is 11.9 Å². The van der Waals surface area contributed by atoms with E-state index in [1.165, 1.54) is 12.1 Å². The molecule has 0 aliphatic carbocycles. The van der Waals surface area contributed by atoms with Gasteiger partial charge in [0.05, 0.1) is 10.5 Å². The minimum absolute atomic E-state index is 0.139. The van der Waals surface area contributed by atoms with Crippen LogP contribution < -0.4 is 5.32 Å². The van der Waals surface area contributed by atoms with E-state index in [9.17, 15) is 24.8 Å². The quantitative estimate of drug-likeness (QED) is 0.517. The van der Waals surface area contributed by atoms with E-state index >= 15 is 0 Å². The number of carboxylic acid groups (broad SMARTS) is 2. The monoisotopic (exact) mass is 309 g/mol. The predicted octanol–water partition coefficient (Wildman–Crippen LogP) is 0.151. The van der Waals surface area contributed by atoms with E-state index in [2.05, 4.69) is 5.32 Å². The van der Waals surface area contributed by atoms with Crippen molar-refractivity contribution in [2.75, 3.05) is 19.6 Å². The normalized spacial score (nSPS) is 18.8. The van der Waals surface area contributed by atoms with Crippen LogP contribution in [0.3, 0.4) is 0 Å². The Balaban J connectivity index is 2.20. The van der Waals surface area contributed by atoms with Crippen LogP contribution in [-0.4, -0.2) is 57.7 Å². The molecule has 1 atom stereocenters. The highest BCUT2D eigenvalue weighted by atomic mass is 16.6. The standard InChI is InChI=1S/C13H15N3O6/c17-12(18)10-5-9(16(21)22)2-1-8(10)6-15-4-3-14-11(7-15)13(19)20/h1-2,5,11,14H,3-4,6-7H2,(H,17,18)(H,19,20). The third-order valence-electron chi connectivity index (χ3n) is 3.49. The first kappa shape index (κ1) is 15.9. The molecular formula is C13H15N3O6. The molecule has 1 fully saturated rings. The number of rotatable bonds is 5. The second kappa shape index (κ2) is 6.50. The molecule has 0 amide bonds. The molecule has 2 rings (SSSR count). The maximum Gasteiger partial charge on any atom is 0.336 e. The first-order valence-electron chi connectivity index (χ1n) is 6.57. The zero-order chi connectivity index (χ0) is 16.3. The number of carboxylic acids is 2. The maximum absolute atomic E-state index is 11.3. The van der Waals surface area contributed by atoms with Gasteiger partial charge in [0.2, 0.25) is 0 Å². The Morgan fingerprint density at radius 1 is 1.41 bits per heavy atom. The van der Waals surface area contributed by atoms with Crippen molar-refractivity contribution in [2.24, 2.45) is 0 Å². The maximum atomic E-state index is 11.3. The van der Waals surface area contributed by atoms with Crippen molar-refractivity contribution in [1.29, 1.82) is 0 Å². The van der Waals surface area contributed by atoms with E-state index in [-0.39, 0.29) is 24.3 Å². The molecule has 1 unspecified atom stereocenters. The Morgan fingerprint density at radius 3 is 2.73 bits per heavy atom. The molecule has 1 saturated heterocycles. The van der Waals surface area contributed by atoms with Gasteiger partial charge < -0.3 is 15.5 Å². The van der Waals surface area contributed by atoms with Crippen molar-refractivity contribution in [2.45, 2.75) is 12.6 Å². The van der Waals surface area contributed by atoms with Gasteiger partial charge in [0.25, 0.3) is 5.69 Å². The molecule has 22 heavy (non-hydrogen) atoms. The van der Waals surface area contributed by atoms with Crippen LogP contribution in [0.1, 0.15) is 15.9 Å². The van der Waals surface area contributed by atoms with Crippen LogP contribution >= 0.6 is 0 Å². The lowest BCUT2D eigenvalue weighted by Gasteiger charge is -2.31. The molecule has 0 radical (unpaired) electrons. The summed E-state index contributed by atoms with van der Waals surface area (Å²) in [7, 11) is 0. The second-order valence-corrected chi connectivity index (χ2v) is 4.98. The van der Waals surface area contributed by atoms with Crippen LogP contribution in [0, 0.1) is 10.1 Å². The summed E-state index contributed by atoms with van der Waals surface area (Å²) < 4.78 is 0. The zero-order valence-electron chi connectivity index (χ0n) is 11.6. The fraction of sp³-hybridized carbons (Fsp3) is 0.385. The van der Waals surface area contributed by atoms with E-state index in [1.807, 2.05) is 4.90 Å². The van der Waals surface area contributed by atoms with E-state index < -0.39 is 22.9 Å². The molecule has 1 aliphatic heterocycles. The molecule has 0 aromatic heterocycles. The number of nitro benzene ring substituents is 1. The van der Waals surface area contributed by atoms with Crippen molar-refractivity contribution in [3.05, 3.63) is 39.4 Å². The number of aliphatic carboxylic acids is 1. The third kappa shape index (κ3) is 3.57. The fourth-order valence-corrected chi connectivity index (χ4v) is 2.38. The van der Waals surface area contributed by atoms with Gasteiger partial charge in [0.1, 0.15) is 6.04 Å². The van der Waals surface area contributed by atoms with Crippen molar-refractivity contribution in [3.63, 3.8) is 0 Å². The van der Waals surface area contributed by atoms with E-state index in [4.69, 9.17) is 5.11 Å². The average molecular weight is 309 g/mol. The van der Waals surface area contributed by atoms with E-state index in [1.54, 1.807) is 0 Å². The van der Waals surface area contributed by atoms with Crippen LogP contribution in [0.2, 0.25) is 0 Å². The number of benzene rings is 1. The number of carbonyl (C=O) groups is 2. The predicted molar refractivity (Wildman–Crippen MR) is 74.8 cm³/mol. The number of non-ortho nitro benzene ring substituents is 1. The Hall–Kier alpha value is -2.52. The van der Waals surface area contributed by atoms with Crippen LogP contribution in [0.4, 0.5) is 5.69 Å². The average Bonchev–Trinajstić information content (AvgIpc) is 2.47. The fourth-order valence-electron chi connectivity index (χ4n) is 2.38. The van der Waals surface area contributed by atoms with Crippen LogP contribution in [0.5, 0.6) is 0 Å². The molecule has 0 spiro atoms. The molecule has 1 heterocycles. The summed E-state index contributed by atoms with van der Waals surface area (Å²) in [6.07, 6.45) is 0. The lowest BCUT2D eigenvalue weighted by atomic mass is 10.0. The minimum Gasteiger partial charge on any atom is -0.480 e. The molecule has 3 N–H and O–H groups in total. The molecule has 118 valence electrons. The second-order valence-electron chi connectivity index (χ2n) is 4.98. The molecular weight excluding hydrogens is 294 g/mol. The van der Waals surface area contributed by atoms with Crippen molar-refractivity contribution >= 4 is 17.6 Å². The summed E-state index contributed by atoms with van der Waals surface area (Å²) in [6.45, 7) is 1.52. The summed E-state index contributed by atoms with van der Waals surface area (Å²) >= 11 is 0. The highest BCUT2D eigenvalue weighted by molar-refractivity contribution is 5.90. The molecule has 9 nitrogen and oxygen atoms in total. The highest BCUT2D eigenvalue weighted by Crippen LogP contribution is 2.20. The van der Waals surface area contributed by atoms with Crippen molar-refractivity contribution < 1.29 is 24.7 Å². The molecule has 1 aromatic rings. The molecule has 9 heteroatoms. The van der Waals surface area contributed by atoms with Gasteiger partial charge in [-0.2, -0.15) is 0 Å². The smallest absolute Gasteiger partial charge is 0.336 e. The Morgan fingerprint density at radius 2 is 2.14 bits per heavy atom. The topological polar surface area (TPSA) is 133 Å². The number of aromatic carboxylic acids is 1. The largest absolute Gasteiger partial charge is 0.480 e. The summed E-state index contributed by atoms with van der Waals surface area (Å²) in [5.41, 5.74) is -0.00591. The number of hydrogen-bond donors (Lipinski definition) is 3. The number of nitro groups is 1. The van der Waals surface area contributed by atoms with Gasteiger partial charge in [-0.1, -0.05) is 6.07 Å². The molecule has 1 aromatic carbocycles. The Labute approximate surface area is 125 Å². The Kier molecular flexibility index (Phi) is 4.68. The number of piperazine rings is 1. The van der Waals surface area contributed by atoms with Crippen LogP contribution in [-0.2, 0) is 11.3 Å². The number of nitrogens with one attached hydrogen (secondary N) is 1. The van der Waals surface area contributed by atoms with Gasteiger partial charge in [-0.05, 0) is 5.56 Å². The molecule has 1 aliphatic rings. The van der Waals surface area contributed by atoms with E-state index in [0.29, 0.717) is 18.7 Å². The van der Waals surface area contributed by atoms with Gasteiger partial charge in [-0.15, -0.1) is 0 Å². The van der Waals surface area contributed by atoms with Crippen molar-refractivity contribution in [1.82, 2.24) is 10.2 Å². The Bertz CT molecular complexity index is 618. The van der Waals surface area contributed by atoms with Gasteiger partial charge in [-0.25, -0.2) is 4.79 Å². The third-order valence-corrected chi connectivity index (χ3v) is 3.49. The van der Waals surface area contributed by atoms with Crippen molar-refractivity contribution in [3.8, 4) is 0 Å². The lowest BCUT2D eigenvalue weighted by molar-refractivity contribution is -0.384. The van der Waals surface area contributed by atoms with Gasteiger partial charge in [0, 0.05) is 38.3 Å². The summed E-state index contributed by atoms with van der Waals surface area (Å²) in [5.74, 6) is -2.21. The summed E-state index contributed by atoms with van der Waals surface area (Å²) in [5, 5.41) is 31.8. The first-order valence-corrected chi connectivity index (χ1v) is 6.57. The summed E-state index contributed by atoms with van der Waals surface area (Å²) in [6, 6.07) is 2.96. The lowest BCUT2D eigenvalue weighted by Crippen LogP contribution is -2.53. The number of nitrogens with zero attached hydrogens (tertiary/aromatic N) is 2. The number of hydrogen-bond acceptors (Lipinski definition) is 6. The molecule has 0 saturated carbocycles.